The zero-order valence-corrected chi connectivity index (χ0v) is 11.2. The molecule has 5 nitrogen and oxygen atoms in total. The maximum Gasteiger partial charge on any atom is 0.344 e. The number of hydrogen-bond acceptors (Lipinski definition) is 4. The maximum absolute atomic E-state index is 11.8. The fourth-order valence-corrected chi connectivity index (χ4v) is 2.27. The molecule has 0 aromatic heterocycles. The summed E-state index contributed by atoms with van der Waals surface area (Å²) in [7, 11) is 0. The van der Waals surface area contributed by atoms with E-state index in [-0.39, 0.29) is 11.5 Å². The lowest BCUT2D eigenvalue weighted by Crippen LogP contribution is -2.02. The number of rotatable bonds is 2. The van der Waals surface area contributed by atoms with Crippen LogP contribution in [-0.2, 0) is 4.74 Å². The molecule has 104 valence electrons. The zero-order chi connectivity index (χ0) is 15.0. The Morgan fingerprint density at radius 1 is 1.05 bits per heavy atom. The lowest BCUT2D eigenvalue weighted by atomic mass is 10.0. The first-order valence-electron chi connectivity index (χ1n) is 6.35. The number of fused-ring (bicyclic) bond motifs is 1. The highest BCUT2D eigenvalue weighted by molar-refractivity contribution is 6.06. The molecule has 0 amide bonds. The normalized spacial score (nSPS) is 15.4. The Morgan fingerprint density at radius 3 is 2.29 bits per heavy atom. The topological polar surface area (TPSA) is 69.4 Å². The summed E-state index contributed by atoms with van der Waals surface area (Å²) >= 11 is 0. The quantitative estimate of drug-likeness (QED) is 0.481. The Balaban J connectivity index is 2.25. The number of aryl methyl sites for hydroxylation is 1. The fraction of sp³-hybridized carbons (Fsp3) is 0.0625. The van der Waals surface area contributed by atoms with E-state index < -0.39 is 10.9 Å². The van der Waals surface area contributed by atoms with Gasteiger partial charge in [0.05, 0.1) is 16.1 Å². The molecule has 3 rings (SSSR count). The van der Waals surface area contributed by atoms with Crippen molar-refractivity contribution >= 4 is 17.4 Å². The molecule has 2 aromatic carbocycles. The molecule has 0 saturated heterocycles. The van der Waals surface area contributed by atoms with Crippen molar-refractivity contribution in [2.24, 2.45) is 0 Å². The van der Waals surface area contributed by atoms with Gasteiger partial charge in [-0.15, -0.1) is 0 Å². The Kier molecular flexibility index (Phi) is 3.02. The highest BCUT2D eigenvalue weighted by Gasteiger charge is 2.34. The lowest BCUT2D eigenvalue weighted by Gasteiger charge is -2.03. The van der Waals surface area contributed by atoms with Gasteiger partial charge in [0.25, 0.3) is 0 Å². The molecule has 0 fully saturated rings. The first-order chi connectivity index (χ1) is 10.1. The summed E-state index contributed by atoms with van der Waals surface area (Å²) in [6, 6.07) is 13.5. The zero-order valence-electron chi connectivity index (χ0n) is 11.2. The van der Waals surface area contributed by atoms with Gasteiger partial charge in [-0.05, 0) is 25.1 Å². The summed E-state index contributed by atoms with van der Waals surface area (Å²) in [4.78, 5) is 22.7. The van der Waals surface area contributed by atoms with Crippen LogP contribution in [0.5, 0.6) is 0 Å². The molecule has 1 aliphatic heterocycles. The number of ether oxygens (including phenoxy) is 1. The van der Waals surface area contributed by atoms with Crippen LogP contribution in [0.4, 0.5) is 0 Å². The van der Waals surface area contributed by atoms with Gasteiger partial charge in [-0.25, -0.2) is 4.79 Å². The lowest BCUT2D eigenvalue weighted by molar-refractivity contribution is -0.375. The molecule has 0 radical (unpaired) electrons. The maximum atomic E-state index is 11.8. The summed E-state index contributed by atoms with van der Waals surface area (Å²) in [5, 5.41) is 11.4. The second kappa shape index (κ2) is 4.86. The second-order valence-electron chi connectivity index (χ2n) is 4.74. The van der Waals surface area contributed by atoms with E-state index in [1.165, 1.54) is 0 Å². The van der Waals surface area contributed by atoms with E-state index in [1.54, 1.807) is 48.5 Å². The minimum Gasteiger partial charge on any atom is -0.415 e. The summed E-state index contributed by atoms with van der Waals surface area (Å²) < 4.78 is 5.14. The molecule has 21 heavy (non-hydrogen) atoms. The van der Waals surface area contributed by atoms with E-state index in [0.29, 0.717) is 16.7 Å². The van der Waals surface area contributed by atoms with Crippen molar-refractivity contribution in [3.8, 4) is 0 Å². The molecule has 0 spiro atoms. The van der Waals surface area contributed by atoms with Crippen molar-refractivity contribution in [2.75, 3.05) is 0 Å². The van der Waals surface area contributed by atoms with Gasteiger partial charge in [0.2, 0.25) is 5.76 Å². The molecule has 1 heterocycles. The molecular formula is C16H11NO4. The summed E-state index contributed by atoms with van der Waals surface area (Å²) in [6.07, 6.45) is 0. The van der Waals surface area contributed by atoms with Gasteiger partial charge in [-0.2, -0.15) is 0 Å². The number of carbonyl (C=O) groups excluding carboxylic acids is 1. The predicted octanol–water partition coefficient (Wildman–Crippen LogP) is 3.27. The highest BCUT2D eigenvalue weighted by atomic mass is 16.6. The summed E-state index contributed by atoms with van der Waals surface area (Å²) in [5.74, 6) is -0.559. The largest absolute Gasteiger partial charge is 0.415 e. The van der Waals surface area contributed by atoms with Gasteiger partial charge in [-0.1, -0.05) is 35.9 Å². The van der Waals surface area contributed by atoms with Crippen molar-refractivity contribution in [3.63, 3.8) is 0 Å². The Morgan fingerprint density at radius 2 is 1.67 bits per heavy atom. The standard InChI is InChI=1S/C16H11NO4/c1-10-6-8-11(9-7-10)14(17(19)20)15-12-4-2-3-5-13(12)16(18)21-15/h2-9H,1H3/b15-14+. The molecule has 0 N–H and O–H groups in total. The molecular weight excluding hydrogens is 270 g/mol. The minimum atomic E-state index is -0.563. The van der Waals surface area contributed by atoms with Crippen LogP contribution in [0.1, 0.15) is 27.0 Å². The van der Waals surface area contributed by atoms with Crippen molar-refractivity contribution in [1.82, 2.24) is 0 Å². The molecule has 0 saturated carbocycles. The molecule has 5 heteroatoms. The number of cyclic esters (lactones) is 1. The van der Waals surface area contributed by atoms with Crippen LogP contribution >= 0.6 is 0 Å². The molecule has 0 aliphatic carbocycles. The summed E-state index contributed by atoms with van der Waals surface area (Å²) in [5.41, 5.74) is 2.00. The number of hydrogen-bond donors (Lipinski definition) is 0. The van der Waals surface area contributed by atoms with Crippen molar-refractivity contribution in [3.05, 3.63) is 80.9 Å². The SMILES string of the molecule is Cc1ccc(/C(=C2\OC(=O)c3ccccc32)[N+](=O)[O-])cc1. The van der Waals surface area contributed by atoms with Crippen LogP contribution in [-0.4, -0.2) is 10.9 Å². The monoisotopic (exact) mass is 281 g/mol. The van der Waals surface area contributed by atoms with E-state index in [4.69, 9.17) is 4.74 Å². The second-order valence-corrected chi connectivity index (χ2v) is 4.74. The first-order valence-corrected chi connectivity index (χ1v) is 6.35. The highest BCUT2D eigenvalue weighted by Crippen LogP contribution is 2.35. The van der Waals surface area contributed by atoms with Crippen molar-refractivity contribution in [1.29, 1.82) is 0 Å². The molecule has 0 atom stereocenters. The van der Waals surface area contributed by atoms with E-state index in [2.05, 4.69) is 0 Å². The Hall–Kier alpha value is -2.95. The average molecular weight is 281 g/mol. The van der Waals surface area contributed by atoms with E-state index in [0.717, 1.165) is 5.56 Å². The van der Waals surface area contributed by atoms with E-state index in [1.807, 2.05) is 6.92 Å². The van der Waals surface area contributed by atoms with E-state index >= 15 is 0 Å². The van der Waals surface area contributed by atoms with Crippen LogP contribution in [0.25, 0.3) is 11.5 Å². The van der Waals surface area contributed by atoms with Gasteiger partial charge in [0.1, 0.15) is 0 Å². The van der Waals surface area contributed by atoms with Gasteiger partial charge in [-0.3, -0.25) is 10.1 Å². The van der Waals surface area contributed by atoms with Gasteiger partial charge in [0.15, 0.2) is 0 Å². The Labute approximate surface area is 120 Å². The van der Waals surface area contributed by atoms with Gasteiger partial charge < -0.3 is 4.74 Å². The third kappa shape index (κ3) is 2.18. The third-order valence-corrected chi connectivity index (χ3v) is 3.31. The third-order valence-electron chi connectivity index (χ3n) is 3.31. The van der Waals surface area contributed by atoms with Crippen LogP contribution in [0.2, 0.25) is 0 Å². The number of carbonyl (C=O) groups is 1. The smallest absolute Gasteiger partial charge is 0.344 e. The van der Waals surface area contributed by atoms with Crippen LogP contribution in [0.15, 0.2) is 48.5 Å². The average Bonchev–Trinajstić information content (AvgIpc) is 2.79. The van der Waals surface area contributed by atoms with Gasteiger partial charge in [0, 0.05) is 5.56 Å². The number of nitro groups is 1. The number of esters is 1. The van der Waals surface area contributed by atoms with Gasteiger partial charge >= 0.3 is 11.7 Å². The minimum absolute atomic E-state index is 0.00412. The first kappa shape index (κ1) is 13.1. The van der Waals surface area contributed by atoms with Crippen LogP contribution < -0.4 is 0 Å². The van der Waals surface area contributed by atoms with Crippen molar-refractivity contribution in [2.45, 2.75) is 6.92 Å². The molecule has 2 aromatic rings. The predicted molar refractivity (Wildman–Crippen MR) is 76.8 cm³/mol. The number of nitrogens with zero attached hydrogens (tertiary/aromatic N) is 1. The summed E-state index contributed by atoms with van der Waals surface area (Å²) in [6.45, 7) is 1.90. The van der Waals surface area contributed by atoms with Crippen molar-refractivity contribution < 1.29 is 14.5 Å². The molecule has 0 unspecified atom stereocenters. The molecule has 1 aliphatic rings. The molecule has 0 bridgehead atoms. The Bertz CT molecular complexity index is 775. The fourth-order valence-electron chi connectivity index (χ4n) is 2.27. The van der Waals surface area contributed by atoms with Crippen LogP contribution in [0.3, 0.4) is 0 Å². The van der Waals surface area contributed by atoms with E-state index in [9.17, 15) is 14.9 Å². The van der Waals surface area contributed by atoms with Crippen LogP contribution in [0, 0.1) is 17.0 Å². The number of benzene rings is 2.